The van der Waals surface area contributed by atoms with Gasteiger partial charge in [-0.1, -0.05) is 41.4 Å². The van der Waals surface area contributed by atoms with Crippen molar-refractivity contribution in [3.8, 4) is 0 Å². The number of urea groups is 1. The summed E-state index contributed by atoms with van der Waals surface area (Å²) in [6, 6.07) is 13.8. The molecule has 0 unspecified atom stereocenters. The van der Waals surface area contributed by atoms with Gasteiger partial charge >= 0.3 is 6.03 Å². The first-order valence-electron chi connectivity index (χ1n) is 8.17. The molecule has 1 saturated heterocycles. The van der Waals surface area contributed by atoms with Gasteiger partial charge in [0, 0.05) is 31.9 Å². The zero-order valence-corrected chi connectivity index (χ0v) is 14.8. The van der Waals surface area contributed by atoms with Gasteiger partial charge in [0.25, 0.3) is 0 Å². The Bertz CT molecular complexity index is 739. The van der Waals surface area contributed by atoms with Crippen molar-refractivity contribution in [2.24, 2.45) is 0 Å². The van der Waals surface area contributed by atoms with Crippen molar-refractivity contribution in [1.82, 2.24) is 4.90 Å². The van der Waals surface area contributed by atoms with Crippen LogP contribution >= 0.6 is 11.6 Å². The number of hydrogen-bond donors (Lipinski definition) is 1. The number of halogens is 1. The van der Waals surface area contributed by atoms with Gasteiger partial charge in [-0.05, 0) is 37.6 Å². The molecule has 0 aliphatic carbocycles. The molecule has 2 aromatic rings. The lowest BCUT2D eigenvalue weighted by molar-refractivity contribution is 0.208. The summed E-state index contributed by atoms with van der Waals surface area (Å²) in [5.41, 5.74) is 4.18. The highest BCUT2D eigenvalue weighted by Gasteiger charge is 2.22. The summed E-state index contributed by atoms with van der Waals surface area (Å²) in [4.78, 5) is 16.6. The highest BCUT2D eigenvalue weighted by atomic mass is 35.5. The maximum absolute atomic E-state index is 12.5. The fourth-order valence-corrected chi connectivity index (χ4v) is 3.26. The van der Waals surface area contributed by atoms with Gasteiger partial charge in [-0.2, -0.15) is 0 Å². The molecule has 1 aliphatic rings. The van der Waals surface area contributed by atoms with E-state index in [1.165, 1.54) is 5.56 Å². The fourth-order valence-electron chi connectivity index (χ4n) is 3.01. The minimum atomic E-state index is -0.0410. The molecule has 0 saturated carbocycles. The second-order valence-electron chi connectivity index (χ2n) is 6.17. The quantitative estimate of drug-likeness (QED) is 0.881. The Labute approximate surface area is 148 Å². The molecule has 1 aliphatic heterocycles. The van der Waals surface area contributed by atoms with Crippen molar-refractivity contribution >= 4 is 29.0 Å². The lowest BCUT2D eigenvalue weighted by Gasteiger charge is -2.36. The van der Waals surface area contributed by atoms with Gasteiger partial charge in [0.05, 0.1) is 10.7 Å². The minimum Gasteiger partial charge on any atom is -0.367 e. The Morgan fingerprint density at radius 2 is 1.75 bits per heavy atom. The van der Waals surface area contributed by atoms with Gasteiger partial charge in [0.2, 0.25) is 0 Å². The van der Waals surface area contributed by atoms with E-state index in [1.54, 1.807) is 0 Å². The number of para-hydroxylation sites is 1. The Balaban J connectivity index is 1.60. The van der Waals surface area contributed by atoms with Crippen LogP contribution in [0.2, 0.25) is 5.02 Å². The number of carbonyl (C=O) groups is 1. The molecule has 2 amide bonds. The molecule has 0 aromatic heterocycles. The van der Waals surface area contributed by atoms with E-state index in [2.05, 4.69) is 16.3 Å². The average Bonchev–Trinajstić information content (AvgIpc) is 2.58. The van der Waals surface area contributed by atoms with E-state index in [0.717, 1.165) is 35.1 Å². The predicted molar refractivity (Wildman–Crippen MR) is 100 cm³/mol. The van der Waals surface area contributed by atoms with Gasteiger partial charge in [-0.25, -0.2) is 4.79 Å². The molecule has 126 valence electrons. The van der Waals surface area contributed by atoms with E-state index < -0.39 is 0 Å². The van der Waals surface area contributed by atoms with Crippen molar-refractivity contribution in [2.75, 3.05) is 36.4 Å². The highest BCUT2D eigenvalue weighted by molar-refractivity contribution is 6.33. The fraction of sp³-hybridized carbons (Fsp3) is 0.316. The van der Waals surface area contributed by atoms with E-state index in [4.69, 9.17) is 11.6 Å². The van der Waals surface area contributed by atoms with Gasteiger partial charge in [-0.3, -0.25) is 0 Å². The Kier molecular flexibility index (Phi) is 4.95. The standard InChI is InChI=1S/C19H22ClN3O/c1-14-7-8-17(15(2)13-14)21-19(24)23-11-9-22(10-12-23)18-6-4-3-5-16(18)20/h3-8,13H,9-12H2,1-2H3,(H,21,24). The lowest BCUT2D eigenvalue weighted by Crippen LogP contribution is -2.50. The molecule has 1 fully saturated rings. The number of carbonyl (C=O) groups excluding carboxylic acids is 1. The number of benzene rings is 2. The molecule has 0 radical (unpaired) electrons. The Morgan fingerprint density at radius 1 is 1.04 bits per heavy atom. The van der Waals surface area contributed by atoms with Crippen LogP contribution in [0.15, 0.2) is 42.5 Å². The molecule has 0 bridgehead atoms. The normalized spacial score (nSPS) is 14.6. The van der Waals surface area contributed by atoms with Crippen molar-refractivity contribution in [3.05, 3.63) is 58.6 Å². The molecular formula is C19H22ClN3O. The number of nitrogens with zero attached hydrogens (tertiary/aromatic N) is 2. The van der Waals surface area contributed by atoms with E-state index in [0.29, 0.717) is 13.1 Å². The van der Waals surface area contributed by atoms with E-state index >= 15 is 0 Å². The first kappa shape index (κ1) is 16.7. The summed E-state index contributed by atoms with van der Waals surface area (Å²) in [7, 11) is 0. The summed E-state index contributed by atoms with van der Waals surface area (Å²) in [6.07, 6.45) is 0. The zero-order chi connectivity index (χ0) is 17.1. The summed E-state index contributed by atoms with van der Waals surface area (Å²) < 4.78 is 0. The number of anilines is 2. The van der Waals surface area contributed by atoms with Gasteiger partial charge in [-0.15, -0.1) is 0 Å². The van der Waals surface area contributed by atoms with Crippen LogP contribution in [0.1, 0.15) is 11.1 Å². The predicted octanol–water partition coefficient (Wildman–Crippen LogP) is 4.31. The first-order valence-corrected chi connectivity index (χ1v) is 8.55. The Hall–Kier alpha value is -2.20. The third kappa shape index (κ3) is 3.65. The third-order valence-electron chi connectivity index (χ3n) is 4.38. The lowest BCUT2D eigenvalue weighted by atomic mass is 10.1. The molecular weight excluding hydrogens is 322 g/mol. The van der Waals surface area contributed by atoms with Crippen molar-refractivity contribution < 1.29 is 4.79 Å². The molecule has 24 heavy (non-hydrogen) atoms. The maximum atomic E-state index is 12.5. The number of rotatable bonds is 2. The van der Waals surface area contributed by atoms with E-state index in [9.17, 15) is 4.79 Å². The topological polar surface area (TPSA) is 35.6 Å². The molecule has 1 heterocycles. The van der Waals surface area contributed by atoms with Crippen LogP contribution in [-0.2, 0) is 0 Å². The van der Waals surface area contributed by atoms with Crippen molar-refractivity contribution in [1.29, 1.82) is 0 Å². The average molecular weight is 344 g/mol. The first-order chi connectivity index (χ1) is 11.5. The van der Waals surface area contributed by atoms with Crippen molar-refractivity contribution in [2.45, 2.75) is 13.8 Å². The zero-order valence-electron chi connectivity index (χ0n) is 14.1. The monoisotopic (exact) mass is 343 g/mol. The second-order valence-corrected chi connectivity index (χ2v) is 6.58. The molecule has 0 spiro atoms. The summed E-state index contributed by atoms with van der Waals surface area (Å²) >= 11 is 6.26. The molecule has 0 atom stereocenters. The van der Waals surface area contributed by atoms with Crippen molar-refractivity contribution in [3.63, 3.8) is 0 Å². The van der Waals surface area contributed by atoms with Crippen LogP contribution in [0, 0.1) is 13.8 Å². The highest BCUT2D eigenvalue weighted by Crippen LogP contribution is 2.26. The van der Waals surface area contributed by atoms with E-state index in [1.807, 2.05) is 55.1 Å². The number of aryl methyl sites for hydroxylation is 2. The summed E-state index contributed by atoms with van der Waals surface area (Å²) in [5.74, 6) is 0. The van der Waals surface area contributed by atoms with Crippen LogP contribution in [0.4, 0.5) is 16.2 Å². The maximum Gasteiger partial charge on any atom is 0.321 e. The summed E-state index contributed by atoms with van der Waals surface area (Å²) in [5, 5.41) is 3.77. The summed E-state index contributed by atoms with van der Waals surface area (Å²) in [6.45, 7) is 6.99. The van der Waals surface area contributed by atoms with Crippen LogP contribution in [0.3, 0.4) is 0 Å². The van der Waals surface area contributed by atoms with Gasteiger partial charge in [0.1, 0.15) is 0 Å². The second kappa shape index (κ2) is 7.14. The molecule has 2 aromatic carbocycles. The van der Waals surface area contributed by atoms with E-state index in [-0.39, 0.29) is 6.03 Å². The van der Waals surface area contributed by atoms with Gasteiger partial charge in [0.15, 0.2) is 0 Å². The van der Waals surface area contributed by atoms with Crippen LogP contribution < -0.4 is 10.2 Å². The molecule has 4 nitrogen and oxygen atoms in total. The van der Waals surface area contributed by atoms with Crippen LogP contribution in [0.25, 0.3) is 0 Å². The number of amides is 2. The largest absolute Gasteiger partial charge is 0.367 e. The Morgan fingerprint density at radius 3 is 2.42 bits per heavy atom. The number of hydrogen-bond acceptors (Lipinski definition) is 2. The van der Waals surface area contributed by atoms with Crippen LogP contribution in [0.5, 0.6) is 0 Å². The third-order valence-corrected chi connectivity index (χ3v) is 4.70. The van der Waals surface area contributed by atoms with Crippen LogP contribution in [-0.4, -0.2) is 37.1 Å². The van der Waals surface area contributed by atoms with Gasteiger partial charge < -0.3 is 15.1 Å². The SMILES string of the molecule is Cc1ccc(NC(=O)N2CCN(c3ccccc3Cl)CC2)c(C)c1. The number of piperazine rings is 1. The molecule has 5 heteroatoms. The smallest absolute Gasteiger partial charge is 0.321 e. The number of nitrogens with one attached hydrogen (secondary N) is 1. The minimum absolute atomic E-state index is 0.0410. The molecule has 3 rings (SSSR count). The molecule has 1 N–H and O–H groups in total.